The van der Waals surface area contributed by atoms with Gasteiger partial charge in [-0.2, -0.15) is 4.98 Å². The van der Waals surface area contributed by atoms with Gasteiger partial charge in [-0.1, -0.05) is 12.1 Å². The lowest BCUT2D eigenvalue weighted by Crippen LogP contribution is -2.50. The lowest BCUT2D eigenvalue weighted by atomic mass is 9.90. The standard InChI is InChI=1S/C16H17N3O6/c1-9-8-12(25-3)18-15(17-9)19-16(13(20)21,14(22)23)10-4-6-11(24-2)7-5-10/h4-8H,1-3H3,(H,20,21)(H,22,23)(H,17,18,19). The van der Waals surface area contributed by atoms with Crippen LogP contribution in [0.25, 0.3) is 0 Å². The van der Waals surface area contributed by atoms with Crippen LogP contribution in [0.3, 0.4) is 0 Å². The number of carboxylic acids is 2. The third-order valence-corrected chi connectivity index (χ3v) is 3.50. The Bertz CT molecular complexity index is 777. The zero-order chi connectivity index (χ0) is 18.6. The number of hydrogen-bond donors (Lipinski definition) is 3. The number of carbonyl (C=O) groups is 2. The van der Waals surface area contributed by atoms with Gasteiger partial charge in [0, 0.05) is 17.3 Å². The summed E-state index contributed by atoms with van der Waals surface area (Å²) in [5, 5.41) is 21.8. The number of nitrogens with zero attached hydrogens (tertiary/aromatic N) is 2. The van der Waals surface area contributed by atoms with Gasteiger partial charge in [0.2, 0.25) is 11.8 Å². The van der Waals surface area contributed by atoms with Crippen molar-refractivity contribution in [3.05, 3.63) is 41.6 Å². The number of aryl methyl sites for hydroxylation is 1. The maximum Gasteiger partial charge on any atom is 0.346 e. The van der Waals surface area contributed by atoms with Crippen LogP contribution in [0.2, 0.25) is 0 Å². The first-order valence-corrected chi connectivity index (χ1v) is 7.12. The summed E-state index contributed by atoms with van der Waals surface area (Å²) in [5.74, 6) is -2.78. The molecule has 0 saturated heterocycles. The third-order valence-electron chi connectivity index (χ3n) is 3.50. The number of hydrogen-bond acceptors (Lipinski definition) is 7. The summed E-state index contributed by atoms with van der Waals surface area (Å²) in [6.45, 7) is 1.64. The zero-order valence-corrected chi connectivity index (χ0v) is 13.8. The molecule has 1 heterocycles. The van der Waals surface area contributed by atoms with Crippen LogP contribution >= 0.6 is 0 Å². The van der Waals surface area contributed by atoms with E-state index >= 15 is 0 Å². The van der Waals surface area contributed by atoms with Crippen molar-refractivity contribution in [2.75, 3.05) is 19.5 Å². The van der Waals surface area contributed by atoms with Gasteiger partial charge in [0.25, 0.3) is 5.54 Å². The molecule has 2 aromatic rings. The molecule has 0 aliphatic heterocycles. The largest absolute Gasteiger partial charge is 0.497 e. The Labute approximate surface area is 143 Å². The van der Waals surface area contributed by atoms with Crippen LogP contribution in [0.5, 0.6) is 11.6 Å². The van der Waals surface area contributed by atoms with Gasteiger partial charge >= 0.3 is 11.9 Å². The van der Waals surface area contributed by atoms with E-state index in [-0.39, 0.29) is 17.4 Å². The van der Waals surface area contributed by atoms with Crippen LogP contribution in [0.15, 0.2) is 30.3 Å². The molecule has 0 amide bonds. The van der Waals surface area contributed by atoms with Crippen molar-refractivity contribution >= 4 is 17.9 Å². The van der Waals surface area contributed by atoms with Crippen molar-refractivity contribution in [3.8, 4) is 11.6 Å². The van der Waals surface area contributed by atoms with E-state index < -0.39 is 17.5 Å². The second kappa shape index (κ2) is 7.04. The van der Waals surface area contributed by atoms with Crippen LogP contribution in [-0.2, 0) is 15.1 Å². The van der Waals surface area contributed by atoms with E-state index in [9.17, 15) is 19.8 Å². The number of carboxylic acid groups (broad SMARTS) is 2. The van der Waals surface area contributed by atoms with Crippen molar-refractivity contribution in [2.24, 2.45) is 0 Å². The minimum Gasteiger partial charge on any atom is -0.497 e. The normalized spacial score (nSPS) is 10.8. The summed E-state index contributed by atoms with van der Waals surface area (Å²) in [5.41, 5.74) is -2.02. The Morgan fingerprint density at radius 3 is 2.12 bits per heavy atom. The predicted molar refractivity (Wildman–Crippen MR) is 86.9 cm³/mol. The summed E-state index contributed by atoms with van der Waals surface area (Å²) in [6.07, 6.45) is 0. The Morgan fingerprint density at radius 1 is 1.04 bits per heavy atom. The molecule has 0 saturated carbocycles. The molecule has 3 N–H and O–H groups in total. The van der Waals surface area contributed by atoms with Gasteiger partial charge in [-0.25, -0.2) is 14.6 Å². The average molecular weight is 347 g/mol. The average Bonchev–Trinajstić information content (AvgIpc) is 2.58. The number of ether oxygens (including phenoxy) is 2. The van der Waals surface area contributed by atoms with E-state index in [0.29, 0.717) is 11.4 Å². The predicted octanol–water partition coefficient (Wildman–Crippen LogP) is 1.28. The molecular weight excluding hydrogens is 330 g/mol. The molecule has 0 spiro atoms. The molecule has 0 bridgehead atoms. The first-order chi connectivity index (χ1) is 11.8. The second-order valence-electron chi connectivity index (χ2n) is 5.09. The summed E-state index contributed by atoms with van der Waals surface area (Å²) in [6, 6.07) is 7.16. The highest BCUT2D eigenvalue weighted by atomic mass is 16.5. The number of anilines is 1. The molecule has 0 radical (unpaired) electrons. The zero-order valence-electron chi connectivity index (χ0n) is 13.8. The molecule has 0 aliphatic rings. The van der Waals surface area contributed by atoms with Crippen molar-refractivity contribution in [1.29, 1.82) is 0 Å². The number of nitrogens with one attached hydrogen (secondary N) is 1. The third kappa shape index (κ3) is 3.44. The Morgan fingerprint density at radius 2 is 1.64 bits per heavy atom. The van der Waals surface area contributed by atoms with Crippen molar-refractivity contribution in [2.45, 2.75) is 12.5 Å². The molecule has 0 fully saturated rings. The molecule has 9 nitrogen and oxygen atoms in total. The lowest BCUT2D eigenvalue weighted by Gasteiger charge is -2.27. The van der Waals surface area contributed by atoms with Gasteiger partial charge in [0.15, 0.2) is 0 Å². The fourth-order valence-corrected chi connectivity index (χ4v) is 2.23. The maximum atomic E-state index is 11.9. The highest BCUT2D eigenvalue weighted by Gasteiger charge is 2.49. The van der Waals surface area contributed by atoms with E-state index in [1.54, 1.807) is 6.92 Å². The first kappa shape index (κ1) is 18.0. The van der Waals surface area contributed by atoms with Crippen molar-refractivity contribution in [1.82, 2.24) is 9.97 Å². The molecule has 0 atom stereocenters. The molecule has 0 unspecified atom stereocenters. The number of aromatic nitrogens is 2. The van der Waals surface area contributed by atoms with Crippen molar-refractivity contribution < 1.29 is 29.3 Å². The van der Waals surface area contributed by atoms with E-state index in [0.717, 1.165) is 0 Å². The second-order valence-corrected chi connectivity index (χ2v) is 5.09. The van der Waals surface area contributed by atoms with E-state index in [2.05, 4.69) is 15.3 Å². The minimum atomic E-state index is -2.48. The fourth-order valence-electron chi connectivity index (χ4n) is 2.23. The Hall–Kier alpha value is -3.36. The first-order valence-electron chi connectivity index (χ1n) is 7.12. The quantitative estimate of drug-likeness (QED) is 0.634. The molecule has 25 heavy (non-hydrogen) atoms. The molecular formula is C16H17N3O6. The SMILES string of the molecule is COc1ccc(C(Nc2nc(C)cc(OC)n2)(C(=O)O)C(=O)O)cc1. The summed E-state index contributed by atoms with van der Waals surface area (Å²) in [7, 11) is 2.83. The van der Waals surface area contributed by atoms with Crippen LogP contribution in [-0.4, -0.2) is 46.3 Å². The molecule has 132 valence electrons. The van der Waals surface area contributed by atoms with Crippen LogP contribution in [0, 0.1) is 6.92 Å². The number of rotatable bonds is 7. The highest BCUT2D eigenvalue weighted by Crippen LogP contribution is 2.29. The van der Waals surface area contributed by atoms with Gasteiger partial charge in [-0.15, -0.1) is 0 Å². The smallest absolute Gasteiger partial charge is 0.346 e. The van der Waals surface area contributed by atoms with Crippen LogP contribution in [0.1, 0.15) is 11.3 Å². The molecule has 0 aliphatic carbocycles. The molecule has 1 aromatic carbocycles. The van der Waals surface area contributed by atoms with Gasteiger partial charge in [-0.3, -0.25) is 0 Å². The van der Waals surface area contributed by atoms with Gasteiger partial charge in [-0.05, 0) is 19.1 Å². The van der Waals surface area contributed by atoms with E-state index in [4.69, 9.17) is 9.47 Å². The van der Waals surface area contributed by atoms with E-state index in [1.165, 1.54) is 44.6 Å². The lowest BCUT2D eigenvalue weighted by molar-refractivity contribution is -0.156. The summed E-state index contributed by atoms with van der Waals surface area (Å²) < 4.78 is 10.0. The van der Waals surface area contributed by atoms with Crippen molar-refractivity contribution in [3.63, 3.8) is 0 Å². The molecule has 2 rings (SSSR count). The fraction of sp³-hybridized carbons (Fsp3) is 0.250. The summed E-state index contributed by atoms with van der Waals surface area (Å²) >= 11 is 0. The van der Waals surface area contributed by atoms with E-state index in [1.807, 2.05) is 0 Å². The Kier molecular flexibility index (Phi) is 5.06. The van der Waals surface area contributed by atoms with Crippen LogP contribution < -0.4 is 14.8 Å². The highest BCUT2D eigenvalue weighted by molar-refractivity contribution is 6.06. The molecule has 1 aromatic heterocycles. The van der Waals surface area contributed by atoms with Crippen LogP contribution in [0.4, 0.5) is 5.95 Å². The number of methoxy groups -OCH3 is 2. The molecule has 9 heteroatoms. The number of benzene rings is 1. The Balaban J connectivity index is 2.57. The van der Waals surface area contributed by atoms with Gasteiger partial charge < -0.3 is 25.0 Å². The topological polar surface area (TPSA) is 131 Å². The minimum absolute atomic E-state index is 0.0163. The maximum absolute atomic E-state index is 11.9. The number of aliphatic carboxylic acids is 2. The monoisotopic (exact) mass is 347 g/mol. The summed E-state index contributed by atoms with van der Waals surface area (Å²) in [4.78, 5) is 31.8. The van der Waals surface area contributed by atoms with Gasteiger partial charge in [0.1, 0.15) is 5.75 Å². The van der Waals surface area contributed by atoms with Gasteiger partial charge in [0.05, 0.1) is 14.2 Å².